The van der Waals surface area contributed by atoms with Gasteiger partial charge in [0.1, 0.15) is 18.8 Å². The van der Waals surface area contributed by atoms with E-state index in [1.54, 1.807) is 13.2 Å². The molecule has 0 spiro atoms. The van der Waals surface area contributed by atoms with Crippen LogP contribution in [-0.2, 0) is 0 Å². The highest BCUT2D eigenvalue weighted by Crippen LogP contribution is 2.16. The smallest absolute Gasteiger partial charge is 0.274 e. The fourth-order valence-electron chi connectivity index (χ4n) is 2.67. The van der Waals surface area contributed by atoms with Crippen molar-refractivity contribution in [2.75, 3.05) is 38.2 Å². The van der Waals surface area contributed by atoms with E-state index in [1.165, 1.54) is 0 Å². The number of benzene rings is 1. The molecule has 2 heterocycles. The number of aromatic nitrogens is 1. The molecule has 0 bridgehead atoms. The maximum Gasteiger partial charge on any atom is 0.274 e. The SMILES string of the molecule is COc1cccc(C(=O)N2CCN(c3cccc[nH+]3)CC2)c1. The molecule has 0 aliphatic carbocycles. The summed E-state index contributed by atoms with van der Waals surface area (Å²) < 4.78 is 5.18. The van der Waals surface area contributed by atoms with Crippen LogP contribution >= 0.6 is 0 Å². The van der Waals surface area contributed by atoms with E-state index in [-0.39, 0.29) is 5.91 Å². The molecule has 1 aromatic heterocycles. The molecule has 5 nitrogen and oxygen atoms in total. The quantitative estimate of drug-likeness (QED) is 0.862. The molecular weight excluding hydrogens is 278 g/mol. The average molecular weight is 298 g/mol. The predicted molar refractivity (Wildman–Crippen MR) is 84.1 cm³/mol. The van der Waals surface area contributed by atoms with Gasteiger partial charge in [0.2, 0.25) is 0 Å². The number of aromatic amines is 1. The summed E-state index contributed by atoms with van der Waals surface area (Å²) in [6.45, 7) is 3.10. The molecule has 1 fully saturated rings. The summed E-state index contributed by atoms with van der Waals surface area (Å²) in [7, 11) is 1.61. The van der Waals surface area contributed by atoms with Crippen LogP contribution in [0.2, 0.25) is 0 Å². The molecule has 1 saturated heterocycles. The first-order chi connectivity index (χ1) is 10.8. The van der Waals surface area contributed by atoms with Crippen molar-refractivity contribution in [1.82, 2.24) is 4.90 Å². The van der Waals surface area contributed by atoms with E-state index >= 15 is 0 Å². The second-order valence-electron chi connectivity index (χ2n) is 5.26. The minimum Gasteiger partial charge on any atom is -0.497 e. The lowest BCUT2D eigenvalue weighted by molar-refractivity contribution is -0.364. The van der Waals surface area contributed by atoms with Gasteiger partial charge in [-0.3, -0.25) is 9.69 Å². The second kappa shape index (κ2) is 6.47. The van der Waals surface area contributed by atoms with Crippen molar-refractivity contribution < 1.29 is 14.5 Å². The normalized spacial score (nSPS) is 14.8. The maximum absolute atomic E-state index is 12.6. The number of amides is 1. The minimum atomic E-state index is 0.0654. The number of H-pyrrole nitrogens is 1. The number of pyridine rings is 1. The highest BCUT2D eigenvalue weighted by molar-refractivity contribution is 5.94. The summed E-state index contributed by atoms with van der Waals surface area (Å²) in [5, 5.41) is 0. The summed E-state index contributed by atoms with van der Waals surface area (Å²) in [5.74, 6) is 1.87. The van der Waals surface area contributed by atoms with Crippen LogP contribution in [-0.4, -0.2) is 44.1 Å². The fourth-order valence-corrected chi connectivity index (χ4v) is 2.67. The summed E-state index contributed by atoms with van der Waals surface area (Å²) in [6.07, 6.45) is 1.92. The van der Waals surface area contributed by atoms with Crippen LogP contribution < -0.4 is 14.6 Å². The lowest BCUT2D eigenvalue weighted by Crippen LogP contribution is -2.50. The monoisotopic (exact) mass is 298 g/mol. The largest absolute Gasteiger partial charge is 0.497 e. The van der Waals surface area contributed by atoms with Crippen molar-refractivity contribution >= 4 is 11.7 Å². The van der Waals surface area contributed by atoms with Crippen molar-refractivity contribution in [2.24, 2.45) is 0 Å². The lowest BCUT2D eigenvalue weighted by atomic mass is 10.1. The zero-order valence-electron chi connectivity index (χ0n) is 12.7. The van der Waals surface area contributed by atoms with Gasteiger partial charge in [0, 0.05) is 11.6 Å². The third-order valence-corrected chi connectivity index (χ3v) is 3.92. The predicted octanol–water partition coefficient (Wildman–Crippen LogP) is 1.47. The van der Waals surface area contributed by atoms with E-state index < -0.39 is 0 Å². The number of rotatable bonds is 3. The number of hydrogen-bond acceptors (Lipinski definition) is 3. The molecule has 0 saturated carbocycles. The van der Waals surface area contributed by atoms with Crippen molar-refractivity contribution in [2.45, 2.75) is 0 Å². The van der Waals surface area contributed by atoms with E-state index in [1.807, 2.05) is 41.4 Å². The Hall–Kier alpha value is -2.56. The molecular formula is C17H20N3O2+. The van der Waals surface area contributed by atoms with E-state index in [0.717, 1.165) is 32.0 Å². The van der Waals surface area contributed by atoms with Gasteiger partial charge in [-0.25, -0.2) is 4.98 Å². The molecule has 3 rings (SSSR count). The van der Waals surface area contributed by atoms with Crippen LogP contribution in [0.1, 0.15) is 10.4 Å². The number of carbonyl (C=O) groups excluding carboxylic acids is 1. The van der Waals surface area contributed by atoms with Crippen LogP contribution in [0.4, 0.5) is 5.82 Å². The van der Waals surface area contributed by atoms with Crippen molar-refractivity contribution in [3.05, 3.63) is 54.2 Å². The number of hydrogen-bond donors (Lipinski definition) is 0. The first kappa shape index (κ1) is 14.4. The first-order valence-corrected chi connectivity index (χ1v) is 7.43. The van der Waals surface area contributed by atoms with Gasteiger partial charge in [-0.1, -0.05) is 12.1 Å². The maximum atomic E-state index is 12.6. The molecule has 0 unspecified atom stereocenters. The zero-order valence-corrected chi connectivity index (χ0v) is 12.7. The summed E-state index contributed by atoms with van der Waals surface area (Å²) in [5.41, 5.74) is 0.680. The Bertz CT molecular complexity index is 637. The van der Waals surface area contributed by atoms with Gasteiger partial charge in [-0.05, 0) is 24.3 Å². The van der Waals surface area contributed by atoms with Gasteiger partial charge in [0.15, 0.2) is 0 Å². The minimum absolute atomic E-state index is 0.0654. The third kappa shape index (κ3) is 3.03. The molecule has 2 aromatic rings. The van der Waals surface area contributed by atoms with E-state index in [4.69, 9.17) is 4.74 Å². The summed E-state index contributed by atoms with van der Waals surface area (Å²) in [4.78, 5) is 19.9. The fraction of sp³-hybridized carbons (Fsp3) is 0.294. The highest BCUT2D eigenvalue weighted by Gasteiger charge is 2.26. The average Bonchev–Trinajstić information content (AvgIpc) is 2.62. The molecule has 0 atom stereocenters. The van der Waals surface area contributed by atoms with Crippen LogP contribution in [0.5, 0.6) is 5.75 Å². The molecule has 0 radical (unpaired) electrons. The van der Waals surface area contributed by atoms with Crippen molar-refractivity contribution in [3.63, 3.8) is 0 Å². The molecule has 114 valence electrons. The van der Waals surface area contributed by atoms with Gasteiger partial charge >= 0.3 is 0 Å². The summed E-state index contributed by atoms with van der Waals surface area (Å²) in [6, 6.07) is 13.4. The summed E-state index contributed by atoms with van der Waals surface area (Å²) >= 11 is 0. The lowest BCUT2D eigenvalue weighted by Gasteiger charge is -2.31. The number of ether oxygens (including phenoxy) is 1. The van der Waals surface area contributed by atoms with Crippen molar-refractivity contribution in [3.8, 4) is 5.75 Å². The van der Waals surface area contributed by atoms with E-state index in [9.17, 15) is 4.79 Å². The van der Waals surface area contributed by atoms with E-state index in [0.29, 0.717) is 11.3 Å². The van der Waals surface area contributed by atoms with Crippen LogP contribution in [0.3, 0.4) is 0 Å². The zero-order chi connectivity index (χ0) is 15.4. The molecule has 1 aliphatic rings. The topological polar surface area (TPSA) is 46.9 Å². The van der Waals surface area contributed by atoms with Gasteiger partial charge < -0.3 is 9.64 Å². The van der Waals surface area contributed by atoms with Gasteiger partial charge in [-0.2, -0.15) is 0 Å². The number of methoxy groups -OCH3 is 1. The molecule has 5 heteroatoms. The van der Waals surface area contributed by atoms with Gasteiger partial charge in [-0.15, -0.1) is 0 Å². The number of piperazine rings is 1. The third-order valence-electron chi connectivity index (χ3n) is 3.92. The Balaban J connectivity index is 1.64. The molecule has 22 heavy (non-hydrogen) atoms. The Morgan fingerprint density at radius 1 is 1.09 bits per heavy atom. The Labute approximate surface area is 130 Å². The van der Waals surface area contributed by atoms with Gasteiger partial charge in [0.05, 0.1) is 26.4 Å². The van der Waals surface area contributed by atoms with Gasteiger partial charge in [0.25, 0.3) is 11.7 Å². The van der Waals surface area contributed by atoms with E-state index in [2.05, 4.69) is 16.0 Å². The highest BCUT2D eigenvalue weighted by atomic mass is 16.5. The molecule has 1 aromatic carbocycles. The second-order valence-corrected chi connectivity index (χ2v) is 5.26. The Morgan fingerprint density at radius 2 is 1.91 bits per heavy atom. The number of carbonyl (C=O) groups is 1. The van der Waals surface area contributed by atoms with Crippen LogP contribution in [0, 0.1) is 0 Å². The molecule has 1 N–H and O–H groups in total. The molecule has 1 aliphatic heterocycles. The van der Waals surface area contributed by atoms with Crippen molar-refractivity contribution in [1.29, 1.82) is 0 Å². The van der Waals surface area contributed by atoms with Crippen LogP contribution in [0.15, 0.2) is 48.7 Å². The Kier molecular flexibility index (Phi) is 4.23. The molecule has 1 amide bonds. The van der Waals surface area contributed by atoms with Crippen LogP contribution in [0.25, 0.3) is 0 Å². The first-order valence-electron chi connectivity index (χ1n) is 7.43. The number of nitrogens with zero attached hydrogens (tertiary/aromatic N) is 2. The standard InChI is InChI=1S/C17H19N3O2/c1-22-15-6-4-5-14(13-15)17(21)20-11-9-19(10-12-20)16-7-2-3-8-18-16/h2-8,13H,9-12H2,1H3/p+1. The number of nitrogens with one attached hydrogen (secondary N) is 1. The Morgan fingerprint density at radius 3 is 2.59 bits per heavy atom. The number of anilines is 1.